The van der Waals surface area contributed by atoms with Crippen molar-refractivity contribution in [3.05, 3.63) is 29.8 Å². The number of carbonyl (C=O) groups excluding carboxylic acids is 1. The second kappa shape index (κ2) is 7.99. The smallest absolute Gasteiger partial charge is 0.305 e. The second-order valence-electron chi connectivity index (χ2n) is 6.18. The van der Waals surface area contributed by atoms with E-state index in [4.69, 9.17) is 9.84 Å². The lowest BCUT2D eigenvalue weighted by Crippen LogP contribution is -2.47. The molecular weight excluding hydrogens is 294 g/mol. The Morgan fingerprint density at radius 3 is 2.43 bits per heavy atom. The third-order valence-corrected chi connectivity index (χ3v) is 4.33. The molecule has 1 fully saturated rings. The Hall–Kier alpha value is -2.04. The van der Waals surface area contributed by atoms with Gasteiger partial charge in [0.2, 0.25) is 5.91 Å². The van der Waals surface area contributed by atoms with Gasteiger partial charge in [-0.1, -0.05) is 25.0 Å². The third-order valence-electron chi connectivity index (χ3n) is 4.33. The highest BCUT2D eigenvalue weighted by Crippen LogP contribution is 2.32. The predicted octanol–water partition coefficient (Wildman–Crippen LogP) is 2.92. The zero-order valence-corrected chi connectivity index (χ0v) is 13.6. The number of ether oxygens (including phenoxy) is 1. The van der Waals surface area contributed by atoms with Gasteiger partial charge in [0.15, 0.2) is 0 Å². The van der Waals surface area contributed by atoms with Crippen molar-refractivity contribution in [2.75, 3.05) is 6.61 Å². The van der Waals surface area contributed by atoms with Gasteiger partial charge in [0, 0.05) is 6.42 Å². The van der Waals surface area contributed by atoms with Gasteiger partial charge in [-0.2, -0.15) is 0 Å². The molecule has 0 heterocycles. The zero-order valence-electron chi connectivity index (χ0n) is 13.6. The van der Waals surface area contributed by atoms with Crippen LogP contribution < -0.4 is 10.1 Å². The fraction of sp³-hybridized carbons (Fsp3) is 0.556. The van der Waals surface area contributed by atoms with Crippen LogP contribution in [0, 0.1) is 0 Å². The van der Waals surface area contributed by atoms with Crippen LogP contribution in [0.5, 0.6) is 5.75 Å². The van der Waals surface area contributed by atoms with E-state index in [9.17, 15) is 9.59 Å². The van der Waals surface area contributed by atoms with Crippen LogP contribution in [-0.2, 0) is 16.0 Å². The number of hydrogen-bond acceptors (Lipinski definition) is 3. The van der Waals surface area contributed by atoms with Crippen molar-refractivity contribution >= 4 is 11.9 Å². The molecule has 0 saturated heterocycles. The molecule has 23 heavy (non-hydrogen) atoms. The van der Waals surface area contributed by atoms with Crippen molar-refractivity contribution in [2.45, 2.75) is 57.4 Å². The summed E-state index contributed by atoms with van der Waals surface area (Å²) in [6.45, 7) is 2.57. The van der Waals surface area contributed by atoms with Crippen molar-refractivity contribution in [3.8, 4) is 5.75 Å². The lowest BCUT2D eigenvalue weighted by molar-refractivity contribution is -0.139. The topological polar surface area (TPSA) is 75.6 Å². The van der Waals surface area contributed by atoms with Gasteiger partial charge in [0.1, 0.15) is 5.75 Å². The molecule has 1 aromatic rings. The summed E-state index contributed by atoms with van der Waals surface area (Å²) in [6, 6.07) is 7.72. The molecule has 0 atom stereocenters. The second-order valence-corrected chi connectivity index (χ2v) is 6.18. The molecule has 0 spiro atoms. The number of rotatable bonds is 8. The molecule has 126 valence electrons. The van der Waals surface area contributed by atoms with Crippen LogP contribution in [0.1, 0.15) is 51.0 Å². The number of hydrogen-bond donors (Lipinski definition) is 2. The first kappa shape index (κ1) is 17.3. The van der Waals surface area contributed by atoms with E-state index in [1.807, 2.05) is 31.2 Å². The summed E-state index contributed by atoms with van der Waals surface area (Å²) in [4.78, 5) is 23.2. The average molecular weight is 319 g/mol. The summed E-state index contributed by atoms with van der Waals surface area (Å²) in [5, 5.41) is 12.0. The van der Waals surface area contributed by atoms with Crippen LogP contribution in [0.4, 0.5) is 0 Å². The number of amides is 1. The minimum Gasteiger partial charge on any atom is -0.494 e. The highest BCUT2D eigenvalue weighted by atomic mass is 16.5. The van der Waals surface area contributed by atoms with Crippen molar-refractivity contribution in [1.29, 1.82) is 0 Å². The molecule has 1 saturated carbocycles. The maximum Gasteiger partial charge on any atom is 0.305 e. The largest absolute Gasteiger partial charge is 0.494 e. The van der Waals surface area contributed by atoms with Gasteiger partial charge >= 0.3 is 5.97 Å². The highest BCUT2D eigenvalue weighted by molar-refractivity contribution is 5.78. The van der Waals surface area contributed by atoms with Crippen LogP contribution in [-0.4, -0.2) is 29.1 Å². The monoisotopic (exact) mass is 319 g/mol. The van der Waals surface area contributed by atoms with Crippen LogP contribution in [0.2, 0.25) is 0 Å². The van der Waals surface area contributed by atoms with E-state index in [2.05, 4.69) is 5.32 Å². The quantitative estimate of drug-likeness (QED) is 0.772. The van der Waals surface area contributed by atoms with E-state index in [0.29, 0.717) is 19.4 Å². The molecule has 0 aromatic heterocycles. The fourth-order valence-corrected chi connectivity index (χ4v) is 3.22. The van der Waals surface area contributed by atoms with E-state index < -0.39 is 11.5 Å². The van der Waals surface area contributed by atoms with Gasteiger partial charge in [-0.25, -0.2) is 0 Å². The first-order valence-corrected chi connectivity index (χ1v) is 8.27. The third kappa shape index (κ3) is 5.27. The van der Waals surface area contributed by atoms with Crippen molar-refractivity contribution < 1.29 is 19.4 Å². The maximum atomic E-state index is 12.2. The van der Waals surface area contributed by atoms with Crippen LogP contribution in [0.3, 0.4) is 0 Å². The SMILES string of the molecule is CCOc1ccc(CCC(=O)NC2(CC(=O)O)CCCC2)cc1. The molecule has 1 aromatic carbocycles. The molecular formula is C18H25NO4. The molecule has 0 aliphatic heterocycles. The molecule has 0 radical (unpaired) electrons. The molecule has 1 amide bonds. The van der Waals surface area contributed by atoms with Gasteiger partial charge in [-0.05, 0) is 43.9 Å². The summed E-state index contributed by atoms with van der Waals surface area (Å²) in [5.74, 6) is -0.0900. The van der Waals surface area contributed by atoms with E-state index in [1.54, 1.807) is 0 Å². The summed E-state index contributed by atoms with van der Waals surface area (Å²) < 4.78 is 5.39. The van der Waals surface area contributed by atoms with Crippen LogP contribution in [0.15, 0.2) is 24.3 Å². The Kier molecular flexibility index (Phi) is 6.02. The van der Waals surface area contributed by atoms with Gasteiger partial charge in [0.25, 0.3) is 0 Å². The predicted molar refractivity (Wildman–Crippen MR) is 87.5 cm³/mol. The molecule has 5 heteroatoms. The molecule has 5 nitrogen and oxygen atoms in total. The minimum absolute atomic E-state index is 0.0157. The number of benzene rings is 1. The Morgan fingerprint density at radius 1 is 1.22 bits per heavy atom. The molecule has 0 bridgehead atoms. The van der Waals surface area contributed by atoms with Crippen molar-refractivity contribution in [3.63, 3.8) is 0 Å². The normalized spacial score (nSPS) is 16.0. The molecule has 1 aliphatic carbocycles. The molecule has 0 unspecified atom stereocenters. The van der Waals surface area contributed by atoms with Crippen molar-refractivity contribution in [1.82, 2.24) is 5.32 Å². The number of aliphatic carboxylic acids is 1. The fourth-order valence-electron chi connectivity index (χ4n) is 3.22. The Labute approximate surface area is 137 Å². The van der Waals surface area contributed by atoms with Gasteiger partial charge in [-0.3, -0.25) is 9.59 Å². The molecule has 2 rings (SSSR count). The van der Waals surface area contributed by atoms with Crippen LogP contribution >= 0.6 is 0 Å². The first-order valence-electron chi connectivity index (χ1n) is 8.27. The lowest BCUT2D eigenvalue weighted by atomic mass is 9.93. The number of carboxylic acids is 1. The summed E-state index contributed by atoms with van der Waals surface area (Å²) in [7, 11) is 0. The highest BCUT2D eigenvalue weighted by Gasteiger charge is 2.37. The molecule has 2 N–H and O–H groups in total. The van der Waals surface area contributed by atoms with E-state index in [-0.39, 0.29) is 12.3 Å². The van der Waals surface area contributed by atoms with Crippen LogP contribution in [0.25, 0.3) is 0 Å². The Balaban J connectivity index is 1.85. The minimum atomic E-state index is -0.848. The summed E-state index contributed by atoms with van der Waals surface area (Å²) in [6.07, 6.45) is 4.50. The Bertz CT molecular complexity index is 532. The van der Waals surface area contributed by atoms with E-state index in [1.165, 1.54) is 0 Å². The summed E-state index contributed by atoms with van der Waals surface area (Å²) >= 11 is 0. The number of nitrogens with one attached hydrogen (secondary N) is 1. The maximum absolute atomic E-state index is 12.2. The van der Waals surface area contributed by atoms with E-state index in [0.717, 1.165) is 37.0 Å². The lowest BCUT2D eigenvalue weighted by Gasteiger charge is -2.28. The first-order chi connectivity index (χ1) is 11.0. The number of carboxylic acid groups (broad SMARTS) is 1. The number of aryl methyl sites for hydroxylation is 1. The van der Waals surface area contributed by atoms with Crippen molar-refractivity contribution in [2.24, 2.45) is 0 Å². The Morgan fingerprint density at radius 2 is 1.87 bits per heavy atom. The zero-order chi connectivity index (χ0) is 16.7. The van der Waals surface area contributed by atoms with Gasteiger partial charge in [-0.15, -0.1) is 0 Å². The number of carbonyl (C=O) groups is 2. The summed E-state index contributed by atoms with van der Waals surface area (Å²) in [5.41, 5.74) is 0.532. The van der Waals surface area contributed by atoms with E-state index >= 15 is 0 Å². The molecule has 1 aliphatic rings. The van der Waals surface area contributed by atoms with Gasteiger partial charge in [0.05, 0.1) is 18.6 Å². The van der Waals surface area contributed by atoms with Gasteiger partial charge < -0.3 is 15.2 Å². The standard InChI is InChI=1S/C18H25NO4/c1-2-23-15-8-5-14(6-9-15)7-10-16(20)19-18(13-17(21)22)11-3-4-12-18/h5-6,8-9H,2-4,7,10-13H2,1H3,(H,19,20)(H,21,22). The average Bonchev–Trinajstić information content (AvgIpc) is 2.94.